The molecule has 3 heterocycles. The fourth-order valence-electron chi connectivity index (χ4n) is 3.96. The van der Waals surface area contributed by atoms with Gasteiger partial charge in [-0.15, -0.1) is 11.3 Å². The van der Waals surface area contributed by atoms with Crippen molar-refractivity contribution in [1.29, 1.82) is 0 Å². The number of fused-ring (bicyclic) bond motifs is 2. The molecule has 2 aromatic carbocycles. The Morgan fingerprint density at radius 2 is 1.78 bits per heavy atom. The molecule has 1 aliphatic heterocycles. The van der Waals surface area contributed by atoms with Crippen molar-refractivity contribution in [3.63, 3.8) is 0 Å². The molecule has 1 aliphatic rings. The fraction of sp³-hybridized carbons (Fsp3) is 0.231. The maximum atomic E-state index is 13.2. The summed E-state index contributed by atoms with van der Waals surface area (Å²) in [5.74, 6) is 0.864. The predicted octanol–water partition coefficient (Wildman–Crippen LogP) is 4.51. The maximum absolute atomic E-state index is 13.2. The number of amides is 2. The Balaban J connectivity index is 1.34. The summed E-state index contributed by atoms with van der Waals surface area (Å²) in [4.78, 5) is 43.9. The molecule has 0 aliphatic carbocycles. The van der Waals surface area contributed by atoms with Gasteiger partial charge in [-0.05, 0) is 48.2 Å². The lowest BCUT2D eigenvalue weighted by Gasteiger charge is -2.09. The summed E-state index contributed by atoms with van der Waals surface area (Å²) >= 11 is 1.13. The van der Waals surface area contributed by atoms with E-state index in [1.54, 1.807) is 25.1 Å². The maximum Gasteiger partial charge on any atom is 0.266 e. The number of ether oxygens (including phenoxy) is 2. The molecule has 36 heavy (non-hydrogen) atoms. The van der Waals surface area contributed by atoms with E-state index in [0.29, 0.717) is 49.4 Å². The number of hydrogen-bond donors (Lipinski definition) is 2. The second-order valence-electron chi connectivity index (χ2n) is 8.76. The highest BCUT2D eigenvalue weighted by atomic mass is 32.1. The van der Waals surface area contributed by atoms with Crippen LogP contribution in [0.25, 0.3) is 10.2 Å². The van der Waals surface area contributed by atoms with Crippen molar-refractivity contribution in [2.75, 3.05) is 17.4 Å². The lowest BCUT2D eigenvalue weighted by molar-refractivity contribution is -0.116. The molecule has 10 heteroatoms. The van der Waals surface area contributed by atoms with Gasteiger partial charge < -0.3 is 20.1 Å². The number of anilines is 2. The van der Waals surface area contributed by atoms with Crippen molar-refractivity contribution in [1.82, 2.24) is 9.55 Å². The highest BCUT2D eigenvalue weighted by Gasteiger charge is 2.21. The number of thiophene rings is 1. The molecule has 4 aromatic rings. The summed E-state index contributed by atoms with van der Waals surface area (Å²) < 4.78 is 11.9. The van der Waals surface area contributed by atoms with Crippen LogP contribution in [0, 0.1) is 6.92 Å². The van der Waals surface area contributed by atoms with Gasteiger partial charge in [0.15, 0.2) is 11.5 Å². The number of nitrogens with zero attached hydrogens (tertiary/aromatic N) is 2. The molecule has 5 rings (SSSR count). The highest BCUT2D eigenvalue weighted by Crippen LogP contribution is 2.35. The summed E-state index contributed by atoms with van der Waals surface area (Å²) in [6.45, 7) is 5.85. The van der Waals surface area contributed by atoms with Crippen LogP contribution < -0.4 is 25.7 Å². The average molecular weight is 505 g/mol. The van der Waals surface area contributed by atoms with Crippen molar-refractivity contribution in [2.45, 2.75) is 33.2 Å². The predicted molar refractivity (Wildman–Crippen MR) is 138 cm³/mol. The Bertz CT molecular complexity index is 1540. The Hall–Kier alpha value is -4.18. The van der Waals surface area contributed by atoms with Crippen LogP contribution in [0.3, 0.4) is 0 Å². The third-order valence-corrected chi connectivity index (χ3v) is 7.13. The molecule has 2 aromatic heterocycles. The molecule has 0 bridgehead atoms. The molecule has 0 unspecified atom stereocenters. The van der Waals surface area contributed by atoms with Gasteiger partial charge in [-0.25, -0.2) is 4.98 Å². The Morgan fingerprint density at radius 1 is 1.06 bits per heavy atom. The number of aromatic nitrogens is 2. The van der Waals surface area contributed by atoms with E-state index >= 15 is 0 Å². The summed E-state index contributed by atoms with van der Waals surface area (Å²) in [6, 6.07) is 12.7. The molecule has 9 nitrogen and oxygen atoms in total. The largest absolute Gasteiger partial charge is 0.454 e. The van der Waals surface area contributed by atoms with Crippen LogP contribution >= 0.6 is 11.3 Å². The van der Waals surface area contributed by atoms with E-state index in [2.05, 4.69) is 29.5 Å². The normalized spacial score (nSPS) is 12.2. The molecule has 0 radical (unpaired) electrons. The molecule has 184 valence electrons. The fourth-order valence-corrected chi connectivity index (χ4v) is 4.99. The number of hydrogen-bond acceptors (Lipinski definition) is 7. The van der Waals surface area contributed by atoms with E-state index in [9.17, 15) is 14.4 Å². The van der Waals surface area contributed by atoms with Crippen molar-refractivity contribution >= 4 is 44.7 Å². The van der Waals surface area contributed by atoms with E-state index in [1.165, 1.54) is 16.5 Å². The van der Waals surface area contributed by atoms with Crippen LogP contribution in [0.15, 0.2) is 53.6 Å². The zero-order chi connectivity index (χ0) is 25.4. The van der Waals surface area contributed by atoms with E-state index in [1.807, 2.05) is 24.3 Å². The Labute approximate surface area is 210 Å². The molecule has 2 amide bonds. The highest BCUT2D eigenvalue weighted by molar-refractivity contribution is 7.20. The molecule has 0 atom stereocenters. The summed E-state index contributed by atoms with van der Waals surface area (Å²) in [6.07, 6.45) is 1.33. The summed E-state index contributed by atoms with van der Waals surface area (Å²) in [7, 11) is 0. The zero-order valence-corrected chi connectivity index (χ0v) is 20.8. The first-order valence-corrected chi connectivity index (χ1v) is 12.2. The smallest absolute Gasteiger partial charge is 0.266 e. The van der Waals surface area contributed by atoms with Crippen molar-refractivity contribution in [3.05, 3.63) is 75.1 Å². The number of nitrogens with one attached hydrogen (secondary N) is 2. The standard InChI is InChI=1S/C26H24N4O5S/c1-14(2)16-4-6-17(7-5-16)28-21(31)11-30-12-27-25-22(26(30)33)15(3)23(36-25)24(32)29-18-8-9-19-20(10-18)35-13-34-19/h4-10,12,14H,11,13H2,1-3H3,(H,28,31)(H,29,32). The first-order chi connectivity index (χ1) is 17.3. The van der Waals surface area contributed by atoms with Gasteiger partial charge in [-0.1, -0.05) is 26.0 Å². The lowest BCUT2D eigenvalue weighted by Crippen LogP contribution is -2.28. The van der Waals surface area contributed by atoms with Crippen LogP contribution in [0.1, 0.15) is 40.6 Å². The SMILES string of the molecule is Cc1c(C(=O)Nc2ccc3c(c2)OCO3)sc2ncn(CC(=O)Nc3ccc(C(C)C)cc3)c(=O)c12. The lowest BCUT2D eigenvalue weighted by atomic mass is 10.0. The monoisotopic (exact) mass is 504 g/mol. The van der Waals surface area contributed by atoms with Gasteiger partial charge in [0.1, 0.15) is 11.4 Å². The summed E-state index contributed by atoms with van der Waals surface area (Å²) in [5, 5.41) is 5.96. The molecule has 2 N–H and O–H groups in total. The van der Waals surface area contributed by atoms with Crippen molar-refractivity contribution in [3.8, 4) is 11.5 Å². The van der Waals surface area contributed by atoms with Gasteiger partial charge in [0.25, 0.3) is 11.5 Å². The topological polar surface area (TPSA) is 112 Å². The first kappa shape index (κ1) is 23.6. The molecule has 0 spiro atoms. The third-order valence-electron chi connectivity index (χ3n) is 5.93. The number of aryl methyl sites for hydroxylation is 1. The van der Waals surface area contributed by atoms with E-state index in [0.717, 1.165) is 11.3 Å². The minimum Gasteiger partial charge on any atom is -0.454 e. The van der Waals surface area contributed by atoms with Crippen LogP contribution in [-0.4, -0.2) is 28.2 Å². The Morgan fingerprint density at radius 3 is 2.53 bits per heavy atom. The van der Waals surface area contributed by atoms with Crippen LogP contribution in [0.5, 0.6) is 11.5 Å². The molecule has 0 saturated carbocycles. The summed E-state index contributed by atoms with van der Waals surface area (Å²) in [5.41, 5.74) is 2.52. The van der Waals surface area contributed by atoms with Crippen molar-refractivity contribution in [2.24, 2.45) is 0 Å². The van der Waals surface area contributed by atoms with Gasteiger partial charge in [0.05, 0.1) is 16.6 Å². The molecular weight excluding hydrogens is 480 g/mol. The van der Waals surface area contributed by atoms with Crippen LogP contribution in [0.4, 0.5) is 11.4 Å². The van der Waals surface area contributed by atoms with E-state index < -0.39 is 0 Å². The number of carbonyl (C=O) groups is 2. The van der Waals surface area contributed by atoms with Crippen molar-refractivity contribution < 1.29 is 19.1 Å². The number of benzene rings is 2. The first-order valence-electron chi connectivity index (χ1n) is 11.4. The zero-order valence-electron chi connectivity index (χ0n) is 20.0. The minimum absolute atomic E-state index is 0.141. The second kappa shape index (κ2) is 9.46. The number of rotatable bonds is 6. The van der Waals surface area contributed by atoms with Gasteiger partial charge in [-0.3, -0.25) is 19.0 Å². The quantitative estimate of drug-likeness (QED) is 0.400. The van der Waals surface area contributed by atoms with Gasteiger partial charge >= 0.3 is 0 Å². The van der Waals surface area contributed by atoms with E-state index in [4.69, 9.17) is 9.47 Å². The van der Waals surface area contributed by atoms with Crippen LogP contribution in [-0.2, 0) is 11.3 Å². The minimum atomic E-state index is -0.374. The van der Waals surface area contributed by atoms with E-state index in [-0.39, 0.29) is 30.7 Å². The number of carbonyl (C=O) groups excluding carboxylic acids is 2. The molecule has 0 saturated heterocycles. The second-order valence-corrected chi connectivity index (χ2v) is 9.76. The van der Waals surface area contributed by atoms with Gasteiger partial charge in [0, 0.05) is 17.4 Å². The van der Waals surface area contributed by atoms with Gasteiger partial charge in [-0.2, -0.15) is 0 Å². The average Bonchev–Trinajstić information content (AvgIpc) is 3.45. The van der Waals surface area contributed by atoms with Gasteiger partial charge in [0.2, 0.25) is 12.7 Å². The molecular formula is C26H24N4O5S. The molecule has 0 fully saturated rings. The third kappa shape index (κ3) is 4.55. The van der Waals surface area contributed by atoms with Crippen LogP contribution in [0.2, 0.25) is 0 Å². The Kier molecular flexibility index (Phi) is 6.19.